The number of methoxy groups -OCH3 is 1. The second-order valence-corrected chi connectivity index (χ2v) is 9.25. The van der Waals surface area contributed by atoms with Crippen molar-refractivity contribution in [3.05, 3.63) is 59.2 Å². The van der Waals surface area contributed by atoms with Crippen LogP contribution in [0.3, 0.4) is 0 Å². The molecule has 1 amide bonds. The molecule has 0 radical (unpaired) electrons. The van der Waals surface area contributed by atoms with E-state index in [1.165, 1.54) is 12.8 Å². The number of carbonyl (C=O) groups is 1. The fourth-order valence-corrected chi connectivity index (χ4v) is 4.78. The maximum Gasteiger partial charge on any atom is 0.254 e. The summed E-state index contributed by atoms with van der Waals surface area (Å²) in [5.74, 6) is 1.67. The van der Waals surface area contributed by atoms with Gasteiger partial charge in [-0.25, -0.2) is 0 Å². The highest BCUT2D eigenvalue weighted by Gasteiger charge is 2.26. The zero-order valence-electron chi connectivity index (χ0n) is 20.6. The zero-order chi connectivity index (χ0) is 23.9. The van der Waals surface area contributed by atoms with Crippen LogP contribution in [0.25, 0.3) is 6.08 Å². The molecule has 2 heterocycles. The lowest BCUT2D eigenvalue weighted by molar-refractivity contribution is 0.0757. The van der Waals surface area contributed by atoms with Gasteiger partial charge in [0.15, 0.2) is 11.5 Å². The van der Waals surface area contributed by atoms with Crippen LogP contribution >= 0.6 is 0 Å². The number of carbonyl (C=O) groups excluding carboxylic acids is 1. The van der Waals surface area contributed by atoms with E-state index in [1.807, 2.05) is 23.1 Å². The van der Waals surface area contributed by atoms with Gasteiger partial charge >= 0.3 is 0 Å². The molecule has 4 rings (SSSR count). The van der Waals surface area contributed by atoms with Gasteiger partial charge in [0.1, 0.15) is 0 Å². The van der Waals surface area contributed by atoms with Crippen molar-refractivity contribution in [2.24, 2.45) is 0 Å². The minimum atomic E-state index is -0.0181. The van der Waals surface area contributed by atoms with Crippen molar-refractivity contribution >= 4 is 12.0 Å². The van der Waals surface area contributed by atoms with Crippen LogP contribution in [-0.4, -0.2) is 68.8 Å². The number of hydrogen-bond acceptors (Lipinski definition) is 5. The molecule has 0 aromatic heterocycles. The predicted octanol–water partition coefficient (Wildman–Crippen LogP) is 4.89. The Kier molecular flexibility index (Phi) is 8.12. The quantitative estimate of drug-likeness (QED) is 0.557. The molecule has 1 atom stereocenters. The molecule has 2 aromatic carbocycles. The maximum absolute atomic E-state index is 13.8. The van der Waals surface area contributed by atoms with Crippen molar-refractivity contribution in [3.63, 3.8) is 0 Å². The van der Waals surface area contributed by atoms with Gasteiger partial charge in [-0.1, -0.05) is 42.0 Å². The first kappa shape index (κ1) is 24.1. The molecular formula is C28H36N2O4. The second-order valence-electron chi connectivity index (χ2n) is 9.25. The lowest BCUT2D eigenvalue weighted by Crippen LogP contribution is -2.37. The van der Waals surface area contributed by atoms with Crippen molar-refractivity contribution in [2.75, 3.05) is 47.0 Å². The molecule has 2 aromatic rings. The number of ether oxygens (including phenoxy) is 3. The zero-order valence-corrected chi connectivity index (χ0v) is 20.6. The number of hydrogen-bond donors (Lipinski definition) is 0. The van der Waals surface area contributed by atoms with Gasteiger partial charge in [-0.2, -0.15) is 0 Å². The van der Waals surface area contributed by atoms with Gasteiger partial charge in [-0.3, -0.25) is 4.79 Å². The normalized spacial score (nSPS) is 18.4. The van der Waals surface area contributed by atoms with Crippen molar-refractivity contribution in [3.8, 4) is 17.2 Å². The third-order valence-corrected chi connectivity index (χ3v) is 6.62. The average Bonchev–Trinajstić information content (AvgIpc) is 3.11. The standard InChI is InChI=1S/C28H36N2O4/c1-21(17-22-9-5-4-6-10-22)20-30(14-12-24-11-7-13-29(24)2)28(31)23-18-25(32-3)27-26(19-23)33-15-8-16-34-27/h4-6,9-10,17-19,24H,7-8,11-16,20H2,1-3H3/b21-17+. The number of likely N-dealkylation sites (tertiary alicyclic amines) is 1. The Bertz CT molecular complexity index is 1000. The third kappa shape index (κ3) is 5.92. The SMILES string of the molecule is COc1cc(C(=O)N(CCC2CCCN2C)C/C(C)=C/c2ccccc2)cc2c1OCCCO2. The van der Waals surface area contributed by atoms with Gasteiger partial charge in [0.2, 0.25) is 5.75 Å². The van der Waals surface area contributed by atoms with E-state index in [9.17, 15) is 4.79 Å². The molecule has 6 heteroatoms. The summed E-state index contributed by atoms with van der Waals surface area (Å²) in [4.78, 5) is 18.2. The van der Waals surface area contributed by atoms with Crippen LogP contribution in [0.2, 0.25) is 0 Å². The Morgan fingerprint density at radius 1 is 1.18 bits per heavy atom. The minimum Gasteiger partial charge on any atom is -0.493 e. The predicted molar refractivity (Wildman–Crippen MR) is 135 cm³/mol. The van der Waals surface area contributed by atoms with Gasteiger partial charge < -0.3 is 24.0 Å². The second kappa shape index (κ2) is 11.4. The first-order chi connectivity index (χ1) is 16.5. The summed E-state index contributed by atoms with van der Waals surface area (Å²) in [5, 5.41) is 0. The molecule has 6 nitrogen and oxygen atoms in total. The molecule has 0 spiro atoms. The van der Waals surface area contributed by atoms with Gasteiger partial charge in [-0.05, 0) is 57.5 Å². The fourth-order valence-electron chi connectivity index (χ4n) is 4.78. The summed E-state index contributed by atoms with van der Waals surface area (Å²) in [5.41, 5.74) is 2.84. The molecular weight excluding hydrogens is 428 g/mol. The van der Waals surface area contributed by atoms with E-state index < -0.39 is 0 Å². The summed E-state index contributed by atoms with van der Waals surface area (Å²) in [6, 6.07) is 14.3. The molecule has 34 heavy (non-hydrogen) atoms. The Labute approximate surface area is 203 Å². The van der Waals surface area contributed by atoms with Crippen LogP contribution in [0.5, 0.6) is 17.2 Å². The molecule has 0 saturated carbocycles. The molecule has 1 unspecified atom stereocenters. The first-order valence-corrected chi connectivity index (χ1v) is 12.2. The number of nitrogens with zero attached hydrogens (tertiary/aromatic N) is 2. The molecule has 2 aliphatic rings. The summed E-state index contributed by atoms with van der Waals surface area (Å²) in [6.45, 7) is 5.62. The van der Waals surface area contributed by atoms with Crippen LogP contribution in [0, 0.1) is 0 Å². The molecule has 0 aliphatic carbocycles. The molecule has 182 valence electrons. The summed E-state index contributed by atoms with van der Waals surface area (Å²) < 4.78 is 17.3. The topological polar surface area (TPSA) is 51.2 Å². The van der Waals surface area contributed by atoms with E-state index in [0.29, 0.717) is 55.2 Å². The highest BCUT2D eigenvalue weighted by molar-refractivity contribution is 5.96. The number of amides is 1. The maximum atomic E-state index is 13.8. The number of rotatable bonds is 8. The average molecular weight is 465 g/mol. The van der Waals surface area contributed by atoms with Crippen LogP contribution in [0.4, 0.5) is 0 Å². The first-order valence-electron chi connectivity index (χ1n) is 12.2. The van der Waals surface area contributed by atoms with E-state index >= 15 is 0 Å². The van der Waals surface area contributed by atoms with Crippen molar-refractivity contribution in [2.45, 2.75) is 38.6 Å². The summed E-state index contributed by atoms with van der Waals surface area (Å²) in [6.07, 6.45) is 6.32. The molecule has 1 saturated heterocycles. The lowest BCUT2D eigenvalue weighted by atomic mass is 10.1. The van der Waals surface area contributed by atoms with Crippen LogP contribution in [-0.2, 0) is 0 Å². The number of fused-ring (bicyclic) bond motifs is 1. The van der Waals surface area contributed by atoms with Crippen LogP contribution in [0.15, 0.2) is 48.0 Å². The van der Waals surface area contributed by atoms with E-state index in [0.717, 1.165) is 30.5 Å². The van der Waals surface area contributed by atoms with Gasteiger partial charge in [0.05, 0.1) is 20.3 Å². The Balaban J connectivity index is 1.58. The van der Waals surface area contributed by atoms with Gasteiger partial charge in [-0.15, -0.1) is 0 Å². The monoisotopic (exact) mass is 464 g/mol. The summed E-state index contributed by atoms with van der Waals surface area (Å²) in [7, 11) is 3.78. The molecule has 0 N–H and O–H groups in total. The lowest BCUT2D eigenvalue weighted by Gasteiger charge is -2.27. The fraction of sp³-hybridized carbons (Fsp3) is 0.464. The Morgan fingerprint density at radius 2 is 1.97 bits per heavy atom. The Morgan fingerprint density at radius 3 is 2.71 bits per heavy atom. The third-order valence-electron chi connectivity index (χ3n) is 6.62. The van der Waals surface area contributed by atoms with E-state index in [4.69, 9.17) is 14.2 Å². The van der Waals surface area contributed by atoms with Crippen LogP contribution < -0.4 is 14.2 Å². The van der Waals surface area contributed by atoms with Crippen molar-refractivity contribution < 1.29 is 19.0 Å². The largest absolute Gasteiger partial charge is 0.493 e. The van der Waals surface area contributed by atoms with Crippen molar-refractivity contribution in [1.82, 2.24) is 9.80 Å². The van der Waals surface area contributed by atoms with E-state index in [2.05, 4.69) is 37.1 Å². The number of benzene rings is 2. The molecule has 0 bridgehead atoms. The highest BCUT2D eigenvalue weighted by Crippen LogP contribution is 2.40. The smallest absolute Gasteiger partial charge is 0.254 e. The molecule has 2 aliphatic heterocycles. The van der Waals surface area contributed by atoms with Crippen LogP contribution in [0.1, 0.15) is 48.5 Å². The van der Waals surface area contributed by atoms with E-state index in [-0.39, 0.29) is 5.91 Å². The highest BCUT2D eigenvalue weighted by atomic mass is 16.5. The van der Waals surface area contributed by atoms with Crippen molar-refractivity contribution in [1.29, 1.82) is 0 Å². The van der Waals surface area contributed by atoms with Gasteiger partial charge in [0.25, 0.3) is 5.91 Å². The van der Waals surface area contributed by atoms with Gasteiger partial charge in [0, 0.05) is 31.1 Å². The Hall–Kier alpha value is -2.99. The summed E-state index contributed by atoms with van der Waals surface area (Å²) >= 11 is 0. The van der Waals surface area contributed by atoms with E-state index in [1.54, 1.807) is 19.2 Å². The minimum absolute atomic E-state index is 0.0181. The molecule has 1 fully saturated rings.